The number of nitrogens with zero attached hydrogens (tertiary/aromatic N) is 6. The summed E-state index contributed by atoms with van der Waals surface area (Å²) in [6.45, 7) is 15.3. The molecule has 1 aliphatic heterocycles. The Morgan fingerprint density at radius 3 is 1.42 bits per heavy atom. The minimum absolute atomic E-state index is 0.00590. The molecule has 1 atom stereocenters. The topological polar surface area (TPSA) is 154 Å². The van der Waals surface area contributed by atoms with Crippen LogP contribution in [0.2, 0.25) is 0 Å². The Bertz CT molecular complexity index is 2150. The van der Waals surface area contributed by atoms with Crippen molar-refractivity contribution < 1.29 is 38.3 Å². The lowest BCUT2D eigenvalue weighted by Gasteiger charge is -2.37. The largest absolute Gasteiger partial charge is 0.469 e. The molecule has 16 nitrogen and oxygen atoms in total. The number of carbonyl (C=O) groups is 3. The van der Waals surface area contributed by atoms with E-state index in [2.05, 4.69) is 14.7 Å². The van der Waals surface area contributed by atoms with Gasteiger partial charge in [0.05, 0.1) is 25.0 Å². The van der Waals surface area contributed by atoms with Gasteiger partial charge in [-0.15, -0.1) is 9.46 Å². The minimum atomic E-state index is -0.813. The molecule has 1 unspecified atom stereocenters. The Morgan fingerprint density at radius 2 is 0.985 bits per heavy atom. The predicted octanol–water partition coefficient (Wildman–Crippen LogP) is 4.19. The van der Waals surface area contributed by atoms with Crippen LogP contribution in [0.25, 0.3) is 0 Å². The lowest BCUT2D eigenvalue weighted by Crippen LogP contribution is -2.52. The van der Waals surface area contributed by atoms with Crippen molar-refractivity contribution in [1.29, 1.82) is 0 Å². The van der Waals surface area contributed by atoms with E-state index in [1.54, 1.807) is 12.1 Å². The highest BCUT2D eigenvalue weighted by molar-refractivity contribution is 5.77. The van der Waals surface area contributed by atoms with Crippen molar-refractivity contribution in [3.8, 4) is 0 Å². The molecule has 0 bridgehead atoms. The van der Waals surface area contributed by atoms with Crippen molar-refractivity contribution in [1.82, 2.24) is 29.1 Å². The van der Waals surface area contributed by atoms with Crippen LogP contribution in [0, 0.1) is 0 Å². The standard InChI is InChI=1S/C50H68N6O10/c1-49(2,3)65-47(60)36-53-28-26-51(34-41-20-14-22-44(57)55(41)63-37-39-16-10-8-11-17-39)30-32-54(43(24-25-46(59)62-7)48(61)66-50(4,5)6)33-31-52(27-29-53)35-42-21-15-23-45(58)56(42)64-38-40-18-12-9-13-19-40/h8-23,43H,24-38H2,1-7H3. The second kappa shape index (κ2) is 24.6. The normalized spacial score (nSPS) is 15.7. The lowest BCUT2D eigenvalue weighted by atomic mass is 10.1. The fourth-order valence-corrected chi connectivity index (χ4v) is 7.52. The molecule has 358 valence electrons. The third kappa shape index (κ3) is 17.2. The molecular formula is C50H68N6O10. The van der Waals surface area contributed by atoms with Gasteiger partial charge in [-0.1, -0.05) is 72.8 Å². The zero-order valence-corrected chi connectivity index (χ0v) is 39.7. The van der Waals surface area contributed by atoms with Gasteiger partial charge < -0.3 is 23.9 Å². The van der Waals surface area contributed by atoms with E-state index in [-0.39, 0.29) is 49.7 Å². The van der Waals surface area contributed by atoms with E-state index < -0.39 is 29.2 Å². The molecule has 66 heavy (non-hydrogen) atoms. The number of ether oxygens (including phenoxy) is 3. The Hall–Kier alpha value is -5.81. The Morgan fingerprint density at radius 1 is 0.545 bits per heavy atom. The summed E-state index contributed by atoms with van der Waals surface area (Å²) >= 11 is 0. The van der Waals surface area contributed by atoms with Crippen molar-refractivity contribution in [3.63, 3.8) is 0 Å². The van der Waals surface area contributed by atoms with Crippen LogP contribution >= 0.6 is 0 Å². The van der Waals surface area contributed by atoms with E-state index >= 15 is 0 Å². The highest BCUT2D eigenvalue weighted by Gasteiger charge is 2.32. The summed E-state index contributed by atoms with van der Waals surface area (Å²) in [5.74, 6) is -1.26. The van der Waals surface area contributed by atoms with Gasteiger partial charge >= 0.3 is 17.9 Å². The molecule has 4 aromatic rings. The van der Waals surface area contributed by atoms with Gasteiger partial charge in [0.2, 0.25) is 0 Å². The van der Waals surface area contributed by atoms with E-state index in [9.17, 15) is 24.0 Å². The number of rotatable bonds is 17. The van der Waals surface area contributed by atoms with Crippen molar-refractivity contribution in [2.75, 3.05) is 66.0 Å². The van der Waals surface area contributed by atoms with E-state index in [1.165, 1.54) is 28.7 Å². The van der Waals surface area contributed by atoms with Gasteiger partial charge in [0.15, 0.2) is 0 Å². The molecule has 0 saturated carbocycles. The molecule has 0 aliphatic carbocycles. The van der Waals surface area contributed by atoms with Gasteiger partial charge in [-0.3, -0.25) is 43.6 Å². The summed E-state index contributed by atoms with van der Waals surface area (Å²) in [5, 5.41) is 0. The summed E-state index contributed by atoms with van der Waals surface area (Å²) in [5.41, 5.74) is 0.959. The van der Waals surface area contributed by atoms with Crippen LogP contribution in [0.15, 0.2) is 107 Å². The predicted molar refractivity (Wildman–Crippen MR) is 250 cm³/mol. The SMILES string of the molecule is COC(=O)CCC(C(=O)OC(C)(C)C)N1CCN(Cc2cccc(=O)n2OCc2ccccc2)CCN(CC(=O)OC(C)(C)C)CCN(Cc2cccc(=O)n2OCc2ccccc2)CC1. The van der Waals surface area contributed by atoms with Crippen LogP contribution in [0.3, 0.4) is 0 Å². The maximum atomic E-state index is 14.2. The number of aromatic nitrogens is 2. The molecule has 0 amide bonds. The molecule has 1 fully saturated rings. The van der Waals surface area contributed by atoms with Crippen LogP contribution in [0.5, 0.6) is 0 Å². The van der Waals surface area contributed by atoms with Gasteiger partial charge in [0, 0.05) is 84.0 Å². The first-order valence-corrected chi connectivity index (χ1v) is 22.7. The highest BCUT2D eigenvalue weighted by Crippen LogP contribution is 2.18. The fraction of sp³-hybridized carbons (Fsp3) is 0.500. The first kappa shape index (κ1) is 51.2. The monoisotopic (exact) mass is 912 g/mol. The fourth-order valence-electron chi connectivity index (χ4n) is 7.52. The molecule has 0 N–H and O–H groups in total. The number of pyridine rings is 2. The average molecular weight is 913 g/mol. The molecule has 2 aromatic carbocycles. The van der Waals surface area contributed by atoms with Gasteiger partial charge in [0.25, 0.3) is 11.1 Å². The summed E-state index contributed by atoms with van der Waals surface area (Å²) in [4.78, 5) is 87.5. The van der Waals surface area contributed by atoms with Gasteiger partial charge in [-0.05, 0) is 71.2 Å². The Kier molecular flexibility index (Phi) is 19.1. The van der Waals surface area contributed by atoms with Crippen molar-refractivity contribution in [3.05, 3.63) is 140 Å². The summed E-state index contributed by atoms with van der Waals surface area (Å²) in [6, 6.07) is 28.4. The number of methoxy groups -OCH3 is 1. The summed E-state index contributed by atoms with van der Waals surface area (Å²) in [6.07, 6.45) is 0.149. The van der Waals surface area contributed by atoms with E-state index in [0.29, 0.717) is 76.8 Å². The molecule has 2 aromatic heterocycles. The lowest BCUT2D eigenvalue weighted by molar-refractivity contribution is -0.162. The van der Waals surface area contributed by atoms with Crippen LogP contribution in [0.1, 0.15) is 76.9 Å². The molecular weight excluding hydrogens is 845 g/mol. The molecule has 5 rings (SSSR count). The third-order valence-corrected chi connectivity index (χ3v) is 10.8. The third-order valence-electron chi connectivity index (χ3n) is 10.8. The Balaban J connectivity index is 1.50. The molecule has 0 spiro atoms. The number of esters is 3. The Labute approximate surface area is 388 Å². The first-order valence-electron chi connectivity index (χ1n) is 22.7. The molecule has 1 saturated heterocycles. The van der Waals surface area contributed by atoms with Crippen molar-refractivity contribution in [2.45, 2.75) is 97.9 Å². The second-order valence-corrected chi connectivity index (χ2v) is 18.4. The molecule has 16 heteroatoms. The van der Waals surface area contributed by atoms with Gasteiger partial charge in [-0.25, -0.2) is 0 Å². The summed E-state index contributed by atoms with van der Waals surface area (Å²) in [7, 11) is 1.32. The quantitative estimate of drug-likeness (QED) is 0.110. The van der Waals surface area contributed by atoms with Crippen LogP contribution in [0.4, 0.5) is 0 Å². The zero-order chi connectivity index (χ0) is 47.7. The van der Waals surface area contributed by atoms with Gasteiger partial charge in [-0.2, -0.15) is 0 Å². The van der Waals surface area contributed by atoms with Crippen LogP contribution in [-0.4, -0.2) is 130 Å². The number of hydrogen-bond acceptors (Lipinski definition) is 14. The smallest absolute Gasteiger partial charge is 0.323 e. The number of benzene rings is 2. The number of hydrogen-bond donors (Lipinski definition) is 0. The van der Waals surface area contributed by atoms with Crippen molar-refractivity contribution >= 4 is 17.9 Å². The van der Waals surface area contributed by atoms with E-state index in [1.807, 2.05) is 119 Å². The van der Waals surface area contributed by atoms with Crippen LogP contribution < -0.4 is 20.8 Å². The minimum Gasteiger partial charge on any atom is -0.469 e. The maximum absolute atomic E-state index is 14.2. The molecule has 0 radical (unpaired) electrons. The van der Waals surface area contributed by atoms with E-state index in [4.69, 9.17) is 23.9 Å². The summed E-state index contributed by atoms with van der Waals surface area (Å²) < 4.78 is 19.4. The second-order valence-electron chi connectivity index (χ2n) is 18.4. The average Bonchev–Trinajstić information content (AvgIpc) is 3.25. The maximum Gasteiger partial charge on any atom is 0.323 e. The molecule has 3 heterocycles. The van der Waals surface area contributed by atoms with E-state index in [0.717, 1.165) is 11.1 Å². The van der Waals surface area contributed by atoms with Gasteiger partial charge in [0.1, 0.15) is 30.5 Å². The molecule has 1 aliphatic rings. The first-order chi connectivity index (χ1) is 31.5. The van der Waals surface area contributed by atoms with Crippen LogP contribution in [-0.2, 0) is 54.9 Å². The number of carbonyl (C=O) groups excluding carboxylic acids is 3. The zero-order valence-electron chi connectivity index (χ0n) is 39.7. The highest BCUT2D eigenvalue weighted by atomic mass is 16.7. The van der Waals surface area contributed by atoms with Crippen molar-refractivity contribution in [2.24, 2.45) is 0 Å².